The van der Waals surface area contributed by atoms with Crippen LogP contribution in [0.3, 0.4) is 0 Å². The second-order valence-corrected chi connectivity index (χ2v) is 4.44. The van der Waals surface area contributed by atoms with Gasteiger partial charge in [-0.1, -0.05) is 17.7 Å². The molecule has 0 bridgehead atoms. The van der Waals surface area contributed by atoms with Gasteiger partial charge >= 0.3 is 5.97 Å². The van der Waals surface area contributed by atoms with Crippen LogP contribution in [0.1, 0.15) is 29.8 Å². The number of nitrogens with one attached hydrogen (secondary N) is 1. The summed E-state index contributed by atoms with van der Waals surface area (Å²) in [5.74, 6) is -0.761. The molecule has 0 heterocycles. The number of carbonyl (C=O) groups is 2. The van der Waals surface area contributed by atoms with E-state index in [0.717, 1.165) is 5.56 Å². The van der Waals surface area contributed by atoms with E-state index in [-0.39, 0.29) is 5.91 Å². The summed E-state index contributed by atoms with van der Waals surface area (Å²) in [6.45, 7) is 5.11. The molecule has 1 N–H and O–H groups in total. The highest BCUT2D eigenvalue weighted by Gasteiger charge is 2.30. The molecule has 4 heteroatoms. The zero-order valence-electron chi connectivity index (χ0n) is 10.5. The van der Waals surface area contributed by atoms with Crippen molar-refractivity contribution in [1.82, 2.24) is 5.32 Å². The molecule has 17 heavy (non-hydrogen) atoms. The van der Waals surface area contributed by atoms with Gasteiger partial charge in [0.15, 0.2) is 0 Å². The first-order valence-electron chi connectivity index (χ1n) is 5.34. The number of rotatable bonds is 3. The van der Waals surface area contributed by atoms with Gasteiger partial charge in [-0.15, -0.1) is 0 Å². The van der Waals surface area contributed by atoms with E-state index >= 15 is 0 Å². The molecule has 0 unspecified atom stereocenters. The van der Waals surface area contributed by atoms with E-state index in [2.05, 4.69) is 10.1 Å². The summed E-state index contributed by atoms with van der Waals surface area (Å²) >= 11 is 0. The smallest absolute Gasteiger partial charge is 0.330 e. The molecule has 4 nitrogen and oxygen atoms in total. The minimum atomic E-state index is -1.03. The Labute approximate surface area is 101 Å². The van der Waals surface area contributed by atoms with Gasteiger partial charge in [0.25, 0.3) is 5.91 Å². The largest absolute Gasteiger partial charge is 0.467 e. The van der Waals surface area contributed by atoms with E-state index in [9.17, 15) is 9.59 Å². The van der Waals surface area contributed by atoms with Gasteiger partial charge in [-0.25, -0.2) is 4.79 Å². The van der Waals surface area contributed by atoms with Crippen LogP contribution in [0.4, 0.5) is 0 Å². The fourth-order valence-electron chi connectivity index (χ4n) is 1.45. The number of carbonyl (C=O) groups excluding carboxylic acids is 2. The van der Waals surface area contributed by atoms with Gasteiger partial charge in [0.05, 0.1) is 7.11 Å². The molecular weight excluding hydrogens is 218 g/mol. The van der Waals surface area contributed by atoms with E-state index < -0.39 is 11.5 Å². The number of benzene rings is 1. The summed E-state index contributed by atoms with van der Waals surface area (Å²) in [6, 6.07) is 7.18. The molecule has 1 rings (SSSR count). The quantitative estimate of drug-likeness (QED) is 0.811. The van der Waals surface area contributed by atoms with Crippen LogP contribution >= 0.6 is 0 Å². The van der Waals surface area contributed by atoms with E-state index in [1.165, 1.54) is 7.11 Å². The maximum atomic E-state index is 11.9. The normalized spacial score (nSPS) is 10.8. The van der Waals surface area contributed by atoms with Crippen molar-refractivity contribution in [3.63, 3.8) is 0 Å². The number of hydrogen-bond donors (Lipinski definition) is 1. The van der Waals surface area contributed by atoms with Gasteiger partial charge in [0, 0.05) is 5.56 Å². The fourth-order valence-corrected chi connectivity index (χ4v) is 1.45. The Balaban J connectivity index is 2.83. The summed E-state index contributed by atoms with van der Waals surface area (Å²) in [7, 11) is 1.29. The third kappa shape index (κ3) is 3.31. The van der Waals surface area contributed by atoms with E-state index in [4.69, 9.17) is 0 Å². The van der Waals surface area contributed by atoms with Crippen LogP contribution in [0.25, 0.3) is 0 Å². The Kier molecular flexibility index (Phi) is 3.89. The van der Waals surface area contributed by atoms with E-state index in [0.29, 0.717) is 5.56 Å². The minimum absolute atomic E-state index is 0.288. The number of methoxy groups -OCH3 is 1. The SMILES string of the molecule is COC(=O)C(C)(C)NC(=O)c1cccc(C)c1. The van der Waals surface area contributed by atoms with Gasteiger partial charge in [-0.05, 0) is 32.9 Å². The second kappa shape index (κ2) is 4.99. The lowest BCUT2D eigenvalue weighted by Crippen LogP contribution is -2.50. The maximum Gasteiger partial charge on any atom is 0.330 e. The minimum Gasteiger partial charge on any atom is -0.467 e. The topological polar surface area (TPSA) is 55.4 Å². The van der Waals surface area contributed by atoms with Crippen molar-refractivity contribution >= 4 is 11.9 Å². The van der Waals surface area contributed by atoms with Crippen molar-refractivity contribution in [2.75, 3.05) is 7.11 Å². The molecule has 0 aromatic heterocycles. The Morgan fingerprint density at radius 3 is 2.47 bits per heavy atom. The lowest BCUT2D eigenvalue weighted by molar-refractivity contribution is -0.146. The zero-order chi connectivity index (χ0) is 13.1. The third-order valence-corrected chi connectivity index (χ3v) is 2.40. The molecule has 0 radical (unpaired) electrons. The summed E-state index contributed by atoms with van der Waals surface area (Å²) in [5, 5.41) is 2.64. The first-order valence-corrected chi connectivity index (χ1v) is 5.34. The van der Waals surface area contributed by atoms with Crippen molar-refractivity contribution in [2.45, 2.75) is 26.3 Å². The molecule has 0 saturated carbocycles. The highest BCUT2D eigenvalue weighted by molar-refractivity contribution is 5.97. The van der Waals surface area contributed by atoms with Crippen LogP contribution in [-0.2, 0) is 9.53 Å². The van der Waals surface area contributed by atoms with Gasteiger partial charge in [-0.2, -0.15) is 0 Å². The van der Waals surface area contributed by atoms with Crippen LogP contribution in [0.15, 0.2) is 24.3 Å². The van der Waals surface area contributed by atoms with E-state index in [1.54, 1.807) is 32.0 Å². The van der Waals surface area contributed by atoms with Crippen LogP contribution < -0.4 is 5.32 Å². The summed E-state index contributed by atoms with van der Waals surface area (Å²) < 4.78 is 4.62. The Morgan fingerprint density at radius 2 is 1.94 bits per heavy atom. The first-order chi connectivity index (χ1) is 7.86. The van der Waals surface area contributed by atoms with Gasteiger partial charge in [-0.3, -0.25) is 4.79 Å². The molecule has 0 atom stereocenters. The highest BCUT2D eigenvalue weighted by Crippen LogP contribution is 2.09. The summed E-state index contributed by atoms with van der Waals surface area (Å²) in [4.78, 5) is 23.3. The van der Waals surface area contributed by atoms with Crippen molar-refractivity contribution < 1.29 is 14.3 Å². The number of amides is 1. The van der Waals surface area contributed by atoms with Crippen molar-refractivity contribution in [3.8, 4) is 0 Å². The Morgan fingerprint density at radius 1 is 1.29 bits per heavy atom. The average molecular weight is 235 g/mol. The van der Waals surface area contributed by atoms with Gasteiger partial charge < -0.3 is 10.1 Å². The molecule has 92 valence electrons. The predicted molar refractivity (Wildman–Crippen MR) is 64.7 cm³/mol. The Hall–Kier alpha value is -1.84. The van der Waals surface area contributed by atoms with Crippen LogP contribution in [-0.4, -0.2) is 24.5 Å². The molecule has 0 aliphatic rings. The number of aryl methyl sites for hydroxylation is 1. The second-order valence-electron chi connectivity index (χ2n) is 4.44. The number of hydrogen-bond acceptors (Lipinski definition) is 3. The standard InChI is InChI=1S/C13H17NO3/c1-9-6-5-7-10(8-9)11(15)14-13(2,3)12(16)17-4/h5-8H,1-4H3,(H,14,15). The molecule has 0 fully saturated rings. The highest BCUT2D eigenvalue weighted by atomic mass is 16.5. The third-order valence-electron chi connectivity index (χ3n) is 2.40. The number of ether oxygens (including phenoxy) is 1. The van der Waals surface area contributed by atoms with Gasteiger partial charge in [0.1, 0.15) is 5.54 Å². The molecule has 0 aliphatic carbocycles. The molecule has 0 saturated heterocycles. The molecule has 0 aliphatic heterocycles. The first kappa shape index (κ1) is 13.2. The Bertz CT molecular complexity index is 438. The number of esters is 1. The van der Waals surface area contributed by atoms with Crippen LogP contribution in [0.2, 0.25) is 0 Å². The van der Waals surface area contributed by atoms with Crippen molar-refractivity contribution in [2.24, 2.45) is 0 Å². The van der Waals surface area contributed by atoms with Crippen LogP contribution in [0, 0.1) is 6.92 Å². The van der Waals surface area contributed by atoms with Crippen LogP contribution in [0.5, 0.6) is 0 Å². The average Bonchev–Trinajstić information content (AvgIpc) is 2.27. The monoisotopic (exact) mass is 235 g/mol. The lowest BCUT2D eigenvalue weighted by atomic mass is 10.0. The molecule has 1 amide bonds. The van der Waals surface area contributed by atoms with Gasteiger partial charge in [0.2, 0.25) is 0 Å². The molecule has 1 aromatic rings. The predicted octanol–water partition coefficient (Wildman–Crippen LogP) is 1.68. The van der Waals surface area contributed by atoms with Crippen molar-refractivity contribution in [3.05, 3.63) is 35.4 Å². The fraction of sp³-hybridized carbons (Fsp3) is 0.385. The maximum absolute atomic E-state index is 11.9. The summed E-state index contributed by atoms with van der Waals surface area (Å²) in [5.41, 5.74) is 0.491. The van der Waals surface area contributed by atoms with Crippen molar-refractivity contribution in [1.29, 1.82) is 0 Å². The molecule has 0 spiro atoms. The molecular formula is C13H17NO3. The molecule has 1 aromatic carbocycles. The summed E-state index contributed by atoms with van der Waals surface area (Å²) in [6.07, 6.45) is 0. The lowest BCUT2D eigenvalue weighted by Gasteiger charge is -2.23. The van der Waals surface area contributed by atoms with E-state index in [1.807, 2.05) is 13.0 Å². The zero-order valence-corrected chi connectivity index (χ0v) is 10.5.